The SMILES string of the molecule is CC(C)N(C)CCCNC(=O)C1CNc2ccccc2C1. The summed E-state index contributed by atoms with van der Waals surface area (Å²) < 4.78 is 0. The summed E-state index contributed by atoms with van der Waals surface area (Å²) in [6.45, 7) is 6.87. The molecule has 1 aliphatic heterocycles. The average molecular weight is 289 g/mol. The molecule has 21 heavy (non-hydrogen) atoms. The zero-order chi connectivity index (χ0) is 15.2. The van der Waals surface area contributed by atoms with Crippen LogP contribution in [-0.2, 0) is 11.2 Å². The standard InChI is InChI=1S/C17H27N3O/c1-13(2)20(3)10-6-9-18-17(21)15-11-14-7-4-5-8-16(14)19-12-15/h4-5,7-8,13,15,19H,6,9-12H2,1-3H3,(H,18,21). The summed E-state index contributed by atoms with van der Waals surface area (Å²) in [6.07, 6.45) is 1.83. The fourth-order valence-corrected chi connectivity index (χ4v) is 2.57. The van der Waals surface area contributed by atoms with Crippen molar-refractivity contribution >= 4 is 11.6 Å². The second-order valence-corrected chi connectivity index (χ2v) is 6.16. The number of hydrogen-bond donors (Lipinski definition) is 2. The molecule has 0 saturated carbocycles. The van der Waals surface area contributed by atoms with Crippen LogP contribution >= 0.6 is 0 Å². The lowest BCUT2D eigenvalue weighted by molar-refractivity contribution is -0.124. The Balaban J connectivity index is 1.73. The number of carbonyl (C=O) groups excluding carboxylic acids is 1. The molecule has 0 saturated heterocycles. The highest BCUT2D eigenvalue weighted by Crippen LogP contribution is 2.24. The van der Waals surface area contributed by atoms with E-state index in [2.05, 4.69) is 48.6 Å². The fourth-order valence-electron chi connectivity index (χ4n) is 2.57. The summed E-state index contributed by atoms with van der Waals surface area (Å²) in [5, 5.41) is 6.42. The van der Waals surface area contributed by atoms with Crippen LogP contribution in [0.2, 0.25) is 0 Å². The lowest BCUT2D eigenvalue weighted by Gasteiger charge is -2.25. The van der Waals surface area contributed by atoms with E-state index >= 15 is 0 Å². The van der Waals surface area contributed by atoms with Crippen molar-refractivity contribution in [1.82, 2.24) is 10.2 Å². The smallest absolute Gasteiger partial charge is 0.225 e. The molecule has 1 aromatic carbocycles. The van der Waals surface area contributed by atoms with Gasteiger partial charge in [0.05, 0.1) is 5.92 Å². The molecule has 1 aromatic rings. The number of carbonyl (C=O) groups is 1. The van der Waals surface area contributed by atoms with Crippen molar-refractivity contribution < 1.29 is 4.79 Å². The number of nitrogens with zero attached hydrogens (tertiary/aromatic N) is 1. The first-order valence-electron chi connectivity index (χ1n) is 7.87. The van der Waals surface area contributed by atoms with Crippen LogP contribution in [0.15, 0.2) is 24.3 Å². The van der Waals surface area contributed by atoms with Crippen molar-refractivity contribution in [3.8, 4) is 0 Å². The van der Waals surface area contributed by atoms with Gasteiger partial charge in [-0.2, -0.15) is 0 Å². The summed E-state index contributed by atoms with van der Waals surface area (Å²) in [6, 6.07) is 8.78. The first-order chi connectivity index (χ1) is 10.1. The Bertz CT molecular complexity index is 473. The monoisotopic (exact) mass is 289 g/mol. The van der Waals surface area contributed by atoms with Crippen LogP contribution in [0.4, 0.5) is 5.69 Å². The molecule has 1 heterocycles. The highest BCUT2D eigenvalue weighted by atomic mass is 16.1. The minimum Gasteiger partial charge on any atom is -0.384 e. The highest BCUT2D eigenvalue weighted by Gasteiger charge is 2.23. The first-order valence-corrected chi connectivity index (χ1v) is 7.87. The molecule has 2 rings (SSSR count). The zero-order valence-corrected chi connectivity index (χ0v) is 13.4. The summed E-state index contributed by atoms with van der Waals surface area (Å²) in [4.78, 5) is 14.5. The van der Waals surface area contributed by atoms with Gasteiger partial charge in [-0.1, -0.05) is 18.2 Å². The van der Waals surface area contributed by atoms with Crippen LogP contribution in [0.5, 0.6) is 0 Å². The quantitative estimate of drug-likeness (QED) is 0.789. The van der Waals surface area contributed by atoms with Gasteiger partial charge < -0.3 is 15.5 Å². The lowest BCUT2D eigenvalue weighted by atomic mass is 9.93. The number of benzene rings is 1. The van der Waals surface area contributed by atoms with Crippen LogP contribution in [0.1, 0.15) is 25.8 Å². The number of para-hydroxylation sites is 1. The maximum Gasteiger partial charge on any atom is 0.225 e. The Morgan fingerprint density at radius 3 is 2.95 bits per heavy atom. The van der Waals surface area contributed by atoms with E-state index in [1.54, 1.807) is 0 Å². The van der Waals surface area contributed by atoms with E-state index in [-0.39, 0.29) is 11.8 Å². The van der Waals surface area contributed by atoms with Crippen molar-refractivity contribution in [3.05, 3.63) is 29.8 Å². The molecule has 1 amide bonds. The van der Waals surface area contributed by atoms with Gasteiger partial charge >= 0.3 is 0 Å². The third kappa shape index (κ3) is 4.46. The van der Waals surface area contributed by atoms with Gasteiger partial charge in [0.25, 0.3) is 0 Å². The molecule has 1 aliphatic rings. The molecular formula is C17H27N3O. The number of nitrogens with one attached hydrogen (secondary N) is 2. The first kappa shape index (κ1) is 15.8. The van der Waals surface area contributed by atoms with Gasteiger partial charge in [-0.15, -0.1) is 0 Å². The molecule has 2 N–H and O–H groups in total. The maximum atomic E-state index is 12.2. The molecule has 4 heteroatoms. The number of amides is 1. The van der Waals surface area contributed by atoms with Gasteiger partial charge in [-0.25, -0.2) is 0 Å². The third-order valence-corrected chi connectivity index (χ3v) is 4.26. The van der Waals surface area contributed by atoms with Crippen molar-refractivity contribution in [3.63, 3.8) is 0 Å². The maximum absolute atomic E-state index is 12.2. The van der Waals surface area contributed by atoms with Crippen LogP contribution < -0.4 is 10.6 Å². The minimum absolute atomic E-state index is 0.0442. The summed E-state index contributed by atoms with van der Waals surface area (Å²) >= 11 is 0. The second-order valence-electron chi connectivity index (χ2n) is 6.16. The number of hydrogen-bond acceptors (Lipinski definition) is 3. The lowest BCUT2D eigenvalue weighted by Crippen LogP contribution is -2.39. The average Bonchev–Trinajstić information content (AvgIpc) is 2.50. The normalized spacial score (nSPS) is 17.5. The van der Waals surface area contributed by atoms with Crippen molar-refractivity contribution in [2.45, 2.75) is 32.7 Å². The summed E-state index contributed by atoms with van der Waals surface area (Å²) in [7, 11) is 2.12. The minimum atomic E-state index is 0.0442. The number of anilines is 1. The molecule has 4 nitrogen and oxygen atoms in total. The number of rotatable bonds is 6. The Kier molecular flexibility index (Phi) is 5.62. The fraction of sp³-hybridized carbons (Fsp3) is 0.588. The zero-order valence-electron chi connectivity index (χ0n) is 13.4. The van der Waals surface area contributed by atoms with Crippen LogP contribution in [0.25, 0.3) is 0 Å². The van der Waals surface area contributed by atoms with Gasteiger partial charge in [0.1, 0.15) is 0 Å². The van der Waals surface area contributed by atoms with Crippen LogP contribution in [0, 0.1) is 5.92 Å². The highest BCUT2D eigenvalue weighted by molar-refractivity contribution is 5.80. The van der Waals surface area contributed by atoms with Gasteiger partial charge in [-0.05, 0) is 51.9 Å². The predicted octanol–water partition coefficient (Wildman–Crippen LogP) is 2.12. The molecule has 116 valence electrons. The van der Waals surface area contributed by atoms with E-state index in [1.807, 2.05) is 12.1 Å². The molecule has 1 unspecified atom stereocenters. The molecule has 0 aliphatic carbocycles. The van der Waals surface area contributed by atoms with E-state index in [0.29, 0.717) is 6.04 Å². The van der Waals surface area contributed by atoms with E-state index in [9.17, 15) is 4.79 Å². The number of fused-ring (bicyclic) bond motifs is 1. The summed E-state index contributed by atoms with van der Waals surface area (Å²) in [5.74, 6) is 0.215. The van der Waals surface area contributed by atoms with Gasteiger partial charge in [0.15, 0.2) is 0 Å². The molecule has 0 spiro atoms. The van der Waals surface area contributed by atoms with E-state index < -0.39 is 0 Å². The molecule has 1 atom stereocenters. The van der Waals surface area contributed by atoms with E-state index in [0.717, 1.165) is 32.5 Å². The van der Waals surface area contributed by atoms with Gasteiger partial charge in [0, 0.05) is 24.8 Å². The molecular weight excluding hydrogens is 262 g/mol. The third-order valence-electron chi connectivity index (χ3n) is 4.26. The second kappa shape index (κ2) is 7.46. The van der Waals surface area contributed by atoms with E-state index in [1.165, 1.54) is 11.3 Å². The van der Waals surface area contributed by atoms with Crippen molar-refractivity contribution in [2.24, 2.45) is 5.92 Å². The van der Waals surface area contributed by atoms with Crippen LogP contribution in [0.3, 0.4) is 0 Å². The van der Waals surface area contributed by atoms with Crippen LogP contribution in [-0.4, -0.2) is 43.5 Å². The largest absolute Gasteiger partial charge is 0.384 e. The Morgan fingerprint density at radius 1 is 1.43 bits per heavy atom. The Morgan fingerprint density at radius 2 is 2.19 bits per heavy atom. The Labute approximate surface area is 127 Å². The van der Waals surface area contributed by atoms with E-state index in [4.69, 9.17) is 0 Å². The van der Waals surface area contributed by atoms with Crippen molar-refractivity contribution in [2.75, 3.05) is 32.0 Å². The van der Waals surface area contributed by atoms with Gasteiger partial charge in [0.2, 0.25) is 5.91 Å². The molecule has 0 radical (unpaired) electrons. The Hall–Kier alpha value is -1.55. The van der Waals surface area contributed by atoms with Crippen molar-refractivity contribution in [1.29, 1.82) is 0 Å². The molecule has 0 aromatic heterocycles. The molecule has 0 fully saturated rings. The van der Waals surface area contributed by atoms with Gasteiger partial charge in [-0.3, -0.25) is 4.79 Å². The summed E-state index contributed by atoms with van der Waals surface area (Å²) in [5.41, 5.74) is 2.41. The predicted molar refractivity (Wildman–Crippen MR) is 87.5 cm³/mol. The topological polar surface area (TPSA) is 44.4 Å². The molecule has 0 bridgehead atoms.